The van der Waals surface area contributed by atoms with E-state index in [0.717, 1.165) is 40.6 Å². The highest BCUT2D eigenvalue weighted by atomic mass is 79.9. The Morgan fingerprint density at radius 2 is 2.04 bits per heavy atom. The predicted octanol–water partition coefficient (Wildman–Crippen LogP) is 4.80. The van der Waals surface area contributed by atoms with E-state index in [-0.39, 0.29) is 12.2 Å². The Balaban J connectivity index is 1.94. The van der Waals surface area contributed by atoms with Crippen LogP contribution >= 0.6 is 15.9 Å². The molecular weight excluding hydrogens is 352 g/mol. The summed E-state index contributed by atoms with van der Waals surface area (Å²) in [7, 11) is 0. The topological polar surface area (TPSA) is 44.6 Å². The van der Waals surface area contributed by atoms with Crippen molar-refractivity contribution in [2.24, 2.45) is 4.99 Å². The molecule has 0 saturated heterocycles. The molecule has 1 heterocycles. The molecule has 0 aliphatic carbocycles. The number of para-hydroxylation sites is 1. The molecule has 2 atom stereocenters. The lowest BCUT2D eigenvalue weighted by Crippen LogP contribution is -2.38. The normalized spacial score (nSPS) is 21.0. The van der Waals surface area contributed by atoms with E-state index in [9.17, 15) is 5.11 Å². The van der Waals surface area contributed by atoms with Gasteiger partial charge in [0.25, 0.3) is 0 Å². The quantitative estimate of drug-likeness (QED) is 0.808. The van der Waals surface area contributed by atoms with Gasteiger partial charge in [-0.15, -0.1) is 0 Å². The molecule has 0 aromatic heterocycles. The predicted molar refractivity (Wildman–Crippen MR) is 98.0 cm³/mol. The van der Waals surface area contributed by atoms with E-state index >= 15 is 0 Å². The minimum absolute atomic E-state index is 0.0826. The second-order valence-electron chi connectivity index (χ2n) is 5.87. The van der Waals surface area contributed by atoms with Gasteiger partial charge in [-0.3, -0.25) is 10.3 Å². The molecule has 2 aromatic carbocycles. The summed E-state index contributed by atoms with van der Waals surface area (Å²) in [6.45, 7) is 2.17. The molecule has 0 bridgehead atoms. The Kier molecular flexibility index (Phi) is 5.13. The van der Waals surface area contributed by atoms with Crippen molar-refractivity contribution in [2.75, 3.05) is 0 Å². The lowest BCUT2D eigenvalue weighted by molar-refractivity contribution is 0.391. The smallest absolute Gasteiger partial charge is 0.120 e. The van der Waals surface area contributed by atoms with E-state index in [1.807, 2.05) is 30.3 Å². The van der Waals surface area contributed by atoms with Gasteiger partial charge in [-0.05, 0) is 30.2 Å². The lowest BCUT2D eigenvalue weighted by Gasteiger charge is -2.30. The van der Waals surface area contributed by atoms with Crippen molar-refractivity contribution in [3.8, 4) is 5.75 Å². The number of nitrogens with one attached hydrogen (secondary N) is 1. The van der Waals surface area contributed by atoms with Gasteiger partial charge in [0.05, 0.1) is 0 Å². The summed E-state index contributed by atoms with van der Waals surface area (Å²) in [6, 6.07) is 15.9. The molecule has 0 fully saturated rings. The summed E-state index contributed by atoms with van der Waals surface area (Å²) >= 11 is 3.54. The number of hydrogen-bond donors (Lipinski definition) is 2. The van der Waals surface area contributed by atoms with Gasteiger partial charge < -0.3 is 5.11 Å². The third-order valence-corrected chi connectivity index (χ3v) is 4.63. The van der Waals surface area contributed by atoms with Crippen LogP contribution in [-0.2, 0) is 0 Å². The van der Waals surface area contributed by atoms with Crippen molar-refractivity contribution in [1.29, 1.82) is 0 Å². The van der Waals surface area contributed by atoms with Crippen LogP contribution in [0, 0.1) is 0 Å². The van der Waals surface area contributed by atoms with E-state index in [2.05, 4.69) is 40.3 Å². The lowest BCUT2D eigenvalue weighted by atomic mass is 9.94. The molecule has 0 amide bonds. The van der Waals surface area contributed by atoms with Gasteiger partial charge in [0.2, 0.25) is 0 Å². The molecule has 23 heavy (non-hydrogen) atoms. The number of aromatic hydroxyl groups is 1. The van der Waals surface area contributed by atoms with Crippen molar-refractivity contribution in [3.63, 3.8) is 0 Å². The molecule has 2 N–H and O–H groups in total. The summed E-state index contributed by atoms with van der Waals surface area (Å²) in [5.41, 5.74) is 3.18. The summed E-state index contributed by atoms with van der Waals surface area (Å²) in [6.07, 6.45) is 2.92. The fraction of sp³-hybridized carbons (Fsp3) is 0.316. The van der Waals surface area contributed by atoms with Gasteiger partial charge in [0.1, 0.15) is 11.9 Å². The Morgan fingerprint density at radius 3 is 2.78 bits per heavy atom. The first-order valence-electron chi connectivity index (χ1n) is 8.04. The minimum Gasteiger partial charge on any atom is -0.508 e. The minimum atomic E-state index is 0.0826. The maximum absolute atomic E-state index is 10.2. The van der Waals surface area contributed by atoms with Gasteiger partial charge in [0, 0.05) is 28.2 Å². The standard InChI is InChI=1S/C19H21BrN2O/c1-2-6-19-21-16(13-7-5-8-14(20)11-13)12-17(22-19)15-9-3-4-10-18(15)23/h3-5,7-11,17,19,22-23H,2,6,12H2,1H3/t17-,19-/m1/s1. The number of rotatable bonds is 4. The molecule has 3 nitrogen and oxygen atoms in total. The molecule has 2 aromatic rings. The zero-order valence-electron chi connectivity index (χ0n) is 13.2. The summed E-state index contributed by atoms with van der Waals surface area (Å²) in [5, 5.41) is 13.8. The number of halogens is 1. The summed E-state index contributed by atoms with van der Waals surface area (Å²) in [4.78, 5) is 4.89. The average molecular weight is 373 g/mol. The van der Waals surface area contributed by atoms with E-state index in [4.69, 9.17) is 4.99 Å². The molecule has 0 saturated carbocycles. The maximum atomic E-state index is 10.2. The largest absolute Gasteiger partial charge is 0.508 e. The number of aliphatic imine (C=N–C) groups is 1. The molecule has 120 valence electrons. The highest BCUT2D eigenvalue weighted by molar-refractivity contribution is 9.10. The van der Waals surface area contributed by atoms with Gasteiger partial charge in [-0.1, -0.05) is 59.6 Å². The van der Waals surface area contributed by atoms with Crippen molar-refractivity contribution < 1.29 is 5.11 Å². The van der Waals surface area contributed by atoms with Gasteiger partial charge in [-0.2, -0.15) is 0 Å². The molecule has 0 radical (unpaired) electrons. The molecular formula is C19H21BrN2O. The van der Waals surface area contributed by atoms with E-state index in [1.54, 1.807) is 6.07 Å². The number of hydrogen-bond acceptors (Lipinski definition) is 3. The van der Waals surface area contributed by atoms with Crippen LogP contribution in [-0.4, -0.2) is 17.0 Å². The van der Waals surface area contributed by atoms with Crippen LogP contribution in [0.4, 0.5) is 0 Å². The fourth-order valence-electron chi connectivity index (χ4n) is 3.03. The zero-order valence-corrected chi connectivity index (χ0v) is 14.8. The van der Waals surface area contributed by atoms with Crippen LogP contribution in [0.1, 0.15) is 43.4 Å². The van der Waals surface area contributed by atoms with Crippen LogP contribution in [0.15, 0.2) is 58.0 Å². The number of phenolic OH excluding ortho intramolecular Hbond substituents is 1. The molecule has 0 unspecified atom stereocenters. The third kappa shape index (κ3) is 3.82. The molecule has 1 aliphatic rings. The van der Waals surface area contributed by atoms with Crippen molar-refractivity contribution in [1.82, 2.24) is 5.32 Å². The summed E-state index contributed by atoms with van der Waals surface area (Å²) < 4.78 is 1.06. The first-order chi connectivity index (χ1) is 11.2. The molecule has 1 aliphatic heterocycles. The Hall–Kier alpha value is -1.65. The first-order valence-corrected chi connectivity index (χ1v) is 8.83. The average Bonchev–Trinajstić information content (AvgIpc) is 2.55. The van der Waals surface area contributed by atoms with E-state index in [1.165, 1.54) is 0 Å². The molecule has 3 rings (SSSR count). The molecule has 0 spiro atoms. The highest BCUT2D eigenvalue weighted by Gasteiger charge is 2.26. The SMILES string of the molecule is CCC[C@@H]1N=C(c2cccc(Br)c2)C[C@H](c2ccccc2O)N1. The maximum Gasteiger partial charge on any atom is 0.120 e. The van der Waals surface area contributed by atoms with Crippen LogP contribution in [0.5, 0.6) is 5.75 Å². The Morgan fingerprint density at radius 1 is 1.22 bits per heavy atom. The van der Waals surface area contributed by atoms with Crippen LogP contribution < -0.4 is 5.32 Å². The Bertz CT molecular complexity index is 714. The number of nitrogens with zero attached hydrogens (tertiary/aromatic N) is 1. The van der Waals surface area contributed by atoms with E-state index < -0.39 is 0 Å². The summed E-state index contributed by atoms with van der Waals surface area (Å²) in [5.74, 6) is 0.343. The van der Waals surface area contributed by atoms with Crippen molar-refractivity contribution in [2.45, 2.75) is 38.4 Å². The van der Waals surface area contributed by atoms with Crippen LogP contribution in [0.25, 0.3) is 0 Å². The van der Waals surface area contributed by atoms with Crippen LogP contribution in [0.3, 0.4) is 0 Å². The number of benzene rings is 2. The van der Waals surface area contributed by atoms with Crippen LogP contribution in [0.2, 0.25) is 0 Å². The second-order valence-corrected chi connectivity index (χ2v) is 6.79. The second kappa shape index (κ2) is 7.28. The first kappa shape index (κ1) is 16.2. The van der Waals surface area contributed by atoms with Gasteiger partial charge in [-0.25, -0.2) is 0 Å². The van der Waals surface area contributed by atoms with Crippen molar-refractivity contribution in [3.05, 3.63) is 64.1 Å². The monoisotopic (exact) mass is 372 g/mol. The number of phenols is 1. The fourth-order valence-corrected chi connectivity index (χ4v) is 3.43. The van der Waals surface area contributed by atoms with Gasteiger partial charge >= 0.3 is 0 Å². The zero-order chi connectivity index (χ0) is 16.2. The third-order valence-electron chi connectivity index (χ3n) is 4.13. The Labute approximate surface area is 145 Å². The van der Waals surface area contributed by atoms with Gasteiger partial charge in [0.15, 0.2) is 0 Å². The highest BCUT2D eigenvalue weighted by Crippen LogP contribution is 2.31. The molecule has 4 heteroatoms. The van der Waals surface area contributed by atoms with Crippen molar-refractivity contribution >= 4 is 21.6 Å². The van der Waals surface area contributed by atoms with E-state index in [0.29, 0.717) is 5.75 Å².